The van der Waals surface area contributed by atoms with Crippen LogP contribution in [0, 0.1) is 0 Å². The first-order chi connectivity index (χ1) is 3.12. The molecule has 1 N–H and O–H groups in total. The second kappa shape index (κ2) is 3.92. The summed E-state index contributed by atoms with van der Waals surface area (Å²) in [6, 6.07) is 0. The van der Waals surface area contributed by atoms with Crippen molar-refractivity contribution in [3.05, 3.63) is 0 Å². The van der Waals surface area contributed by atoms with Crippen LogP contribution < -0.4 is 5.09 Å². The molecule has 0 aromatic rings. The molecule has 0 aliphatic carbocycles. The lowest BCUT2D eigenvalue weighted by Gasteiger charge is -1.99. The summed E-state index contributed by atoms with van der Waals surface area (Å²) >= 11 is 3.92. The lowest BCUT2D eigenvalue weighted by Crippen LogP contribution is -1.90. The average molecular weight is 363 g/mol. The summed E-state index contributed by atoms with van der Waals surface area (Å²) in [7, 11) is 3.02. The molecule has 1 atom stereocenters. The highest BCUT2D eigenvalue weighted by Crippen LogP contribution is 2.65. The summed E-state index contributed by atoms with van der Waals surface area (Å²) in [4.78, 5) is 0. The molecule has 0 aromatic heterocycles. The lowest BCUT2D eigenvalue weighted by atomic mass is 11.6. The fraction of sp³-hybridized carbons (Fsp3) is 1.00. The largest absolute Gasteiger partial charge is 0.283 e. The van der Waals surface area contributed by atoms with E-state index >= 15 is 0 Å². The highest BCUT2D eigenvalue weighted by molar-refractivity contribution is 14.2. The first-order valence-corrected chi connectivity index (χ1v) is 9.87. The molecule has 0 aromatic carbocycles. The van der Waals surface area contributed by atoms with Gasteiger partial charge >= 0.3 is 0 Å². The second-order valence-corrected chi connectivity index (χ2v) is 13.9. The van der Waals surface area contributed by atoms with E-state index < -0.39 is 4.14 Å². The molecule has 0 aliphatic rings. The number of rotatable bonds is 2. The van der Waals surface area contributed by atoms with Crippen molar-refractivity contribution < 1.29 is 4.57 Å². The van der Waals surface area contributed by atoms with E-state index in [2.05, 4.69) is 5.09 Å². The third kappa shape index (κ3) is 4.50. The van der Waals surface area contributed by atoms with Gasteiger partial charge in [0.05, 0.1) is 0 Å². The zero-order chi connectivity index (χ0) is 5.91. The highest BCUT2D eigenvalue weighted by atomic mass is 127. The molecule has 0 spiro atoms. The SMILES string of the molecule is CNP(=O)(I)SI. The van der Waals surface area contributed by atoms with Crippen LogP contribution in [-0.4, -0.2) is 7.05 Å². The molecule has 0 amide bonds. The van der Waals surface area contributed by atoms with Gasteiger partial charge in [0.2, 0.25) is 0 Å². The van der Waals surface area contributed by atoms with Gasteiger partial charge in [0.1, 0.15) is 0 Å². The predicted octanol–water partition coefficient (Wildman–Crippen LogP) is 2.83. The Morgan fingerprint density at radius 1 is 1.86 bits per heavy atom. The smallest absolute Gasteiger partial charge is 0.266 e. The van der Waals surface area contributed by atoms with Crippen molar-refractivity contribution in [3.63, 3.8) is 0 Å². The Balaban J connectivity index is 3.61. The Bertz CT molecular complexity index is 89.7. The van der Waals surface area contributed by atoms with Gasteiger partial charge in [-0.2, -0.15) is 0 Å². The van der Waals surface area contributed by atoms with Gasteiger partial charge in [-0.3, -0.25) is 9.65 Å². The fourth-order valence-electron chi connectivity index (χ4n) is 0.0345. The molecule has 7 heavy (non-hydrogen) atoms. The Morgan fingerprint density at radius 2 is 2.29 bits per heavy atom. The van der Waals surface area contributed by atoms with Crippen molar-refractivity contribution in [2.45, 2.75) is 0 Å². The van der Waals surface area contributed by atoms with Crippen molar-refractivity contribution in [1.82, 2.24) is 5.09 Å². The van der Waals surface area contributed by atoms with Gasteiger partial charge in [-0.15, -0.1) is 0 Å². The summed E-state index contributed by atoms with van der Waals surface area (Å²) in [5, 5.41) is 2.69. The van der Waals surface area contributed by atoms with E-state index in [0.29, 0.717) is 0 Å². The van der Waals surface area contributed by atoms with E-state index in [4.69, 9.17) is 0 Å². The Kier molecular flexibility index (Phi) is 5.04. The van der Waals surface area contributed by atoms with Crippen LogP contribution in [0.2, 0.25) is 0 Å². The maximum Gasteiger partial charge on any atom is 0.266 e. The van der Waals surface area contributed by atoms with E-state index in [1.807, 2.05) is 43.2 Å². The molecule has 0 fully saturated rings. The Labute approximate surface area is 71.8 Å². The van der Waals surface area contributed by atoms with Crippen LogP contribution in [0.1, 0.15) is 0 Å². The van der Waals surface area contributed by atoms with Crippen LogP contribution in [0.15, 0.2) is 0 Å². The monoisotopic (exact) mass is 363 g/mol. The molecule has 0 radical (unpaired) electrons. The van der Waals surface area contributed by atoms with Gasteiger partial charge < -0.3 is 0 Å². The van der Waals surface area contributed by atoms with Crippen LogP contribution in [0.25, 0.3) is 0 Å². The third-order valence-corrected chi connectivity index (χ3v) is 17.1. The zero-order valence-electron chi connectivity index (χ0n) is 3.52. The molecule has 6 heteroatoms. The molecular formula is CH4I2NOPS. The molecule has 0 rings (SSSR count). The molecule has 1 unspecified atom stereocenters. The average Bonchev–Trinajstić information content (AvgIpc) is 1.68. The maximum absolute atomic E-state index is 10.8. The molecule has 0 saturated carbocycles. The summed E-state index contributed by atoms with van der Waals surface area (Å²) < 4.78 is 8.75. The van der Waals surface area contributed by atoms with Crippen molar-refractivity contribution in [3.8, 4) is 0 Å². The van der Waals surface area contributed by atoms with Gasteiger partial charge in [-0.1, -0.05) is 0 Å². The topological polar surface area (TPSA) is 29.1 Å². The molecule has 0 heterocycles. The van der Waals surface area contributed by atoms with Gasteiger partial charge in [-0.05, 0) is 7.05 Å². The Hall–Kier alpha value is 2.00. The van der Waals surface area contributed by atoms with E-state index in [0.717, 1.165) is 0 Å². The van der Waals surface area contributed by atoms with Crippen molar-refractivity contribution in [2.75, 3.05) is 7.05 Å². The minimum Gasteiger partial charge on any atom is -0.283 e. The lowest BCUT2D eigenvalue weighted by molar-refractivity contribution is 0.591. The Morgan fingerprint density at radius 3 is 2.29 bits per heavy atom. The third-order valence-electron chi connectivity index (χ3n) is 0.356. The summed E-state index contributed by atoms with van der Waals surface area (Å²) in [5.74, 6) is 0. The zero-order valence-corrected chi connectivity index (χ0v) is 9.55. The van der Waals surface area contributed by atoms with Crippen molar-refractivity contribution in [2.24, 2.45) is 0 Å². The number of halogens is 2. The molecule has 0 bridgehead atoms. The quantitative estimate of drug-likeness (QED) is 0.605. The van der Waals surface area contributed by atoms with Gasteiger partial charge in [0.15, 0.2) is 0 Å². The van der Waals surface area contributed by atoms with E-state index in [9.17, 15) is 4.57 Å². The van der Waals surface area contributed by atoms with E-state index in [1.54, 1.807) is 7.05 Å². The van der Waals surface area contributed by atoms with Gasteiger partial charge in [0.25, 0.3) is 4.14 Å². The summed E-state index contributed by atoms with van der Waals surface area (Å²) in [6.45, 7) is 0. The summed E-state index contributed by atoms with van der Waals surface area (Å²) in [5.41, 5.74) is 0. The van der Waals surface area contributed by atoms with Crippen LogP contribution >= 0.6 is 55.9 Å². The predicted molar refractivity (Wildman–Crippen MR) is 52.3 cm³/mol. The minimum absolute atomic E-state index is 1.33. The molecule has 44 valence electrons. The first kappa shape index (κ1) is 9.00. The first-order valence-electron chi connectivity index (χ1n) is 1.41. The van der Waals surface area contributed by atoms with Crippen molar-refractivity contribution >= 4 is 55.9 Å². The number of hydrogen-bond donors (Lipinski definition) is 1. The second-order valence-electron chi connectivity index (χ2n) is 0.772. The van der Waals surface area contributed by atoms with Crippen LogP contribution in [-0.2, 0) is 4.57 Å². The number of nitrogens with one attached hydrogen (secondary N) is 1. The van der Waals surface area contributed by atoms with Crippen LogP contribution in [0.4, 0.5) is 0 Å². The van der Waals surface area contributed by atoms with Crippen LogP contribution in [0.5, 0.6) is 0 Å². The normalized spacial score (nSPS) is 18.7. The van der Waals surface area contributed by atoms with Gasteiger partial charge in [-0.25, -0.2) is 0 Å². The number of hydrogen-bond acceptors (Lipinski definition) is 2. The van der Waals surface area contributed by atoms with Crippen LogP contribution in [0.3, 0.4) is 0 Å². The molecule has 2 nitrogen and oxygen atoms in total. The minimum atomic E-state index is -2.03. The standard InChI is InChI=1S/CH4I2NOPS/c1-4-6(2,5)7-3/h1H3,(H,4,5). The molecular weight excluding hydrogens is 359 g/mol. The fourth-order valence-corrected chi connectivity index (χ4v) is 2.08. The molecule has 0 saturated heterocycles. The summed E-state index contributed by atoms with van der Waals surface area (Å²) in [6.07, 6.45) is 0. The van der Waals surface area contributed by atoms with E-state index in [1.165, 1.54) is 8.55 Å². The van der Waals surface area contributed by atoms with E-state index in [-0.39, 0.29) is 0 Å². The van der Waals surface area contributed by atoms with Crippen molar-refractivity contribution in [1.29, 1.82) is 0 Å². The van der Waals surface area contributed by atoms with Gasteiger partial charge in [0, 0.05) is 51.8 Å². The molecule has 0 aliphatic heterocycles. The maximum atomic E-state index is 10.8. The highest BCUT2D eigenvalue weighted by Gasteiger charge is 2.11.